The third-order valence-corrected chi connectivity index (χ3v) is 3.90. The number of nitrogens with two attached hydrogens (primary N) is 1. The van der Waals surface area contributed by atoms with Crippen molar-refractivity contribution in [2.75, 3.05) is 4.90 Å². The van der Waals surface area contributed by atoms with Crippen molar-refractivity contribution < 1.29 is 0 Å². The number of benzene rings is 2. The molecule has 0 aromatic heterocycles. The third-order valence-electron chi connectivity index (χ3n) is 3.90. The second kappa shape index (κ2) is 5.34. The smallest absolute Gasteiger partial charge is 0.104 e. The zero-order valence-corrected chi connectivity index (χ0v) is 12.0. The van der Waals surface area contributed by atoms with Crippen molar-refractivity contribution in [3.8, 4) is 6.07 Å². The van der Waals surface area contributed by atoms with Crippen LogP contribution < -0.4 is 10.6 Å². The van der Waals surface area contributed by atoms with Gasteiger partial charge in [-0.25, -0.2) is 0 Å². The molecule has 0 radical (unpaired) electrons. The van der Waals surface area contributed by atoms with Crippen molar-refractivity contribution >= 4 is 11.8 Å². The summed E-state index contributed by atoms with van der Waals surface area (Å²) in [4.78, 5) is 2.09. The van der Waals surface area contributed by atoms with E-state index in [1.807, 2.05) is 49.4 Å². The number of nitriles is 1. The van der Waals surface area contributed by atoms with Crippen LogP contribution in [0.25, 0.3) is 6.08 Å². The SMILES string of the molecule is C[C@H](C#N)c1ccc(N2Cc3ccccc3C=C2N)cc1. The van der Waals surface area contributed by atoms with Gasteiger partial charge in [-0.05, 0) is 41.8 Å². The van der Waals surface area contributed by atoms with Gasteiger partial charge in [0.15, 0.2) is 0 Å². The quantitative estimate of drug-likeness (QED) is 0.911. The number of rotatable bonds is 2. The number of anilines is 1. The van der Waals surface area contributed by atoms with Gasteiger partial charge in [0.25, 0.3) is 0 Å². The first kappa shape index (κ1) is 13.3. The lowest BCUT2D eigenvalue weighted by Crippen LogP contribution is -2.29. The van der Waals surface area contributed by atoms with Gasteiger partial charge >= 0.3 is 0 Å². The second-order valence-electron chi connectivity index (χ2n) is 5.30. The minimum absolute atomic E-state index is 0.0889. The second-order valence-corrected chi connectivity index (χ2v) is 5.30. The van der Waals surface area contributed by atoms with Crippen molar-refractivity contribution in [1.29, 1.82) is 5.26 Å². The van der Waals surface area contributed by atoms with Crippen LogP contribution in [0.15, 0.2) is 54.4 Å². The maximum Gasteiger partial charge on any atom is 0.104 e. The molecule has 1 heterocycles. The maximum absolute atomic E-state index is 8.97. The molecule has 2 aromatic rings. The summed E-state index contributed by atoms with van der Waals surface area (Å²) in [6.07, 6.45) is 2.00. The minimum Gasteiger partial charge on any atom is -0.385 e. The van der Waals surface area contributed by atoms with E-state index in [0.29, 0.717) is 0 Å². The van der Waals surface area contributed by atoms with Crippen LogP contribution >= 0.6 is 0 Å². The molecule has 21 heavy (non-hydrogen) atoms. The number of hydrogen-bond acceptors (Lipinski definition) is 3. The molecule has 0 amide bonds. The normalized spacial score (nSPS) is 14.9. The Morgan fingerprint density at radius 1 is 1.14 bits per heavy atom. The largest absolute Gasteiger partial charge is 0.385 e. The first-order chi connectivity index (χ1) is 10.2. The molecule has 3 nitrogen and oxygen atoms in total. The topological polar surface area (TPSA) is 53.0 Å². The lowest BCUT2D eigenvalue weighted by atomic mass is 10.0. The van der Waals surface area contributed by atoms with Crippen LogP contribution in [-0.4, -0.2) is 0 Å². The Morgan fingerprint density at radius 2 is 1.86 bits per heavy atom. The fraction of sp³-hybridized carbons (Fsp3) is 0.167. The van der Waals surface area contributed by atoms with E-state index in [4.69, 9.17) is 11.0 Å². The Hall–Kier alpha value is -2.73. The summed E-state index contributed by atoms with van der Waals surface area (Å²) in [6.45, 7) is 2.67. The van der Waals surface area contributed by atoms with Gasteiger partial charge in [-0.2, -0.15) is 5.26 Å². The van der Waals surface area contributed by atoms with Crippen LogP contribution in [0.3, 0.4) is 0 Å². The van der Waals surface area contributed by atoms with Gasteiger partial charge in [-0.1, -0.05) is 36.4 Å². The van der Waals surface area contributed by atoms with Gasteiger partial charge in [0, 0.05) is 5.69 Å². The Kier molecular flexibility index (Phi) is 3.37. The van der Waals surface area contributed by atoms with E-state index in [-0.39, 0.29) is 5.92 Å². The predicted molar refractivity (Wildman–Crippen MR) is 85.3 cm³/mol. The molecular weight excluding hydrogens is 258 g/mol. The van der Waals surface area contributed by atoms with Crippen molar-refractivity contribution in [1.82, 2.24) is 0 Å². The van der Waals surface area contributed by atoms with Crippen LogP contribution in [-0.2, 0) is 6.54 Å². The summed E-state index contributed by atoms with van der Waals surface area (Å²) in [5.41, 5.74) is 10.7. The zero-order chi connectivity index (χ0) is 14.8. The first-order valence-electron chi connectivity index (χ1n) is 7.01. The van der Waals surface area contributed by atoms with E-state index < -0.39 is 0 Å². The Balaban J connectivity index is 1.91. The average molecular weight is 275 g/mol. The highest BCUT2D eigenvalue weighted by atomic mass is 15.2. The highest BCUT2D eigenvalue weighted by Gasteiger charge is 2.17. The van der Waals surface area contributed by atoms with E-state index in [9.17, 15) is 0 Å². The van der Waals surface area contributed by atoms with Gasteiger partial charge in [0.05, 0.1) is 18.5 Å². The number of fused-ring (bicyclic) bond motifs is 1. The monoisotopic (exact) mass is 275 g/mol. The van der Waals surface area contributed by atoms with Crippen molar-refractivity contribution in [3.05, 3.63) is 71.0 Å². The maximum atomic E-state index is 8.97. The molecule has 3 rings (SSSR count). The van der Waals surface area contributed by atoms with Crippen LogP contribution in [0, 0.1) is 11.3 Å². The Morgan fingerprint density at radius 3 is 2.57 bits per heavy atom. The van der Waals surface area contributed by atoms with Gasteiger partial charge in [0.1, 0.15) is 5.82 Å². The van der Waals surface area contributed by atoms with Crippen molar-refractivity contribution in [2.24, 2.45) is 5.73 Å². The molecule has 0 saturated carbocycles. The molecule has 3 heteroatoms. The van der Waals surface area contributed by atoms with E-state index in [1.165, 1.54) is 11.1 Å². The predicted octanol–water partition coefficient (Wildman–Crippen LogP) is 3.59. The molecule has 1 atom stereocenters. The fourth-order valence-corrected chi connectivity index (χ4v) is 2.58. The lowest BCUT2D eigenvalue weighted by Gasteiger charge is -2.29. The molecule has 0 saturated heterocycles. The van der Waals surface area contributed by atoms with E-state index in [1.54, 1.807) is 0 Å². The summed E-state index contributed by atoms with van der Waals surface area (Å²) < 4.78 is 0. The fourth-order valence-electron chi connectivity index (χ4n) is 2.58. The summed E-state index contributed by atoms with van der Waals surface area (Å²) in [7, 11) is 0. The van der Waals surface area contributed by atoms with Crippen LogP contribution in [0.2, 0.25) is 0 Å². The van der Waals surface area contributed by atoms with Crippen LogP contribution in [0.4, 0.5) is 5.69 Å². The molecule has 0 spiro atoms. The Bertz CT molecular complexity index is 723. The number of hydrogen-bond donors (Lipinski definition) is 1. The summed E-state index contributed by atoms with van der Waals surface area (Å²) in [5.74, 6) is 0.656. The molecule has 104 valence electrons. The molecule has 1 aliphatic heterocycles. The van der Waals surface area contributed by atoms with E-state index in [0.717, 1.165) is 23.6 Å². The first-order valence-corrected chi connectivity index (χ1v) is 7.01. The van der Waals surface area contributed by atoms with Crippen LogP contribution in [0.5, 0.6) is 0 Å². The number of nitrogens with zero attached hydrogens (tertiary/aromatic N) is 2. The summed E-state index contributed by atoms with van der Waals surface area (Å²) in [5, 5.41) is 8.97. The lowest BCUT2D eigenvalue weighted by molar-refractivity contribution is 0.885. The van der Waals surface area contributed by atoms with E-state index in [2.05, 4.69) is 23.1 Å². The van der Waals surface area contributed by atoms with Gasteiger partial charge in [-0.15, -0.1) is 0 Å². The van der Waals surface area contributed by atoms with E-state index >= 15 is 0 Å². The van der Waals surface area contributed by atoms with Crippen LogP contribution in [0.1, 0.15) is 29.5 Å². The average Bonchev–Trinajstić information content (AvgIpc) is 2.53. The molecule has 2 aromatic carbocycles. The molecular formula is C18H17N3. The Labute approximate surface area is 124 Å². The standard InChI is InChI=1S/C18H17N3/c1-13(11-19)14-6-8-17(9-7-14)21-12-16-5-3-2-4-15(16)10-18(21)20/h2-10,13H,12,20H2,1H3/t13-/m1/s1. The molecule has 0 unspecified atom stereocenters. The van der Waals surface area contributed by atoms with Gasteiger partial charge < -0.3 is 10.6 Å². The summed E-state index contributed by atoms with van der Waals surface area (Å²) >= 11 is 0. The third kappa shape index (κ3) is 2.48. The molecule has 2 N–H and O–H groups in total. The highest BCUT2D eigenvalue weighted by Crippen LogP contribution is 2.28. The summed E-state index contributed by atoms with van der Waals surface area (Å²) in [6, 6.07) is 18.6. The highest BCUT2D eigenvalue weighted by molar-refractivity contribution is 5.67. The minimum atomic E-state index is -0.0889. The van der Waals surface area contributed by atoms with Crippen molar-refractivity contribution in [3.63, 3.8) is 0 Å². The van der Waals surface area contributed by atoms with Gasteiger partial charge in [0.2, 0.25) is 0 Å². The molecule has 0 fully saturated rings. The molecule has 1 aliphatic rings. The van der Waals surface area contributed by atoms with Gasteiger partial charge in [-0.3, -0.25) is 0 Å². The zero-order valence-electron chi connectivity index (χ0n) is 12.0. The molecule has 0 aliphatic carbocycles. The molecule has 0 bridgehead atoms. The van der Waals surface area contributed by atoms with Crippen molar-refractivity contribution in [2.45, 2.75) is 19.4 Å².